The summed E-state index contributed by atoms with van der Waals surface area (Å²) in [5.41, 5.74) is 22.7. The highest BCUT2D eigenvalue weighted by atomic mass is 16.4. The standard InChI is InChI=1S/C26H44N8O6/c1-15(2)21(24(38)32-19(25(39)40)7-3-4-12-27)34-23(37)20(14-16-8-10-17(35)11-9-16)33-22(36)18(28)6-5-13-31-26(29)30/h8-11,15,18-21,35H,3-7,12-14,27-28H2,1-2H3,(H,32,38)(H,33,36)(H,34,37)(H,39,40)(H4,29,30,31). The van der Waals surface area contributed by atoms with Crippen LogP contribution in [0.15, 0.2) is 29.3 Å². The third kappa shape index (κ3) is 12.8. The molecular weight excluding hydrogens is 520 g/mol. The minimum atomic E-state index is -1.19. The Kier molecular flexibility index (Phi) is 15.0. The Labute approximate surface area is 234 Å². The maximum absolute atomic E-state index is 13.4. The van der Waals surface area contributed by atoms with Gasteiger partial charge in [0.2, 0.25) is 17.7 Å². The monoisotopic (exact) mass is 564 g/mol. The average Bonchev–Trinajstić information content (AvgIpc) is 2.89. The second kappa shape index (κ2) is 17.6. The molecule has 0 bridgehead atoms. The number of unbranched alkanes of at least 4 members (excludes halogenated alkanes) is 1. The van der Waals surface area contributed by atoms with Crippen molar-refractivity contribution in [3.8, 4) is 5.75 Å². The minimum absolute atomic E-state index is 0.0348. The van der Waals surface area contributed by atoms with E-state index in [1.807, 2.05) is 0 Å². The molecule has 0 saturated carbocycles. The molecule has 0 saturated heterocycles. The van der Waals surface area contributed by atoms with E-state index in [0.717, 1.165) is 0 Å². The van der Waals surface area contributed by atoms with Gasteiger partial charge in [-0.25, -0.2) is 4.79 Å². The minimum Gasteiger partial charge on any atom is -0.508 e. The Morgan fingerprint density at radius 2 is 1.50 bits per heavy atom. The Hall–Kier alpha value is -3.91. The number of aliphatic imine (C=N–C) groups is 1. The van der Waals surface area contributed by atoms with Crippen LogP contribution in [0.4, 0.5) is 0 Å². The first-order valence-corrected chi connectivity index (χ1v) is 13.3. The third-order valence-corrected chi connectivity index (χ3v) is 6.12. The van der Waals surface area contributed by atoms with Crippen LogP contribution in [0.3, 0.4) is 0 Å². The summed E-state index contributed by atoms with van der Waals surface area (Å²) >= 11 is 0. The normalized spacial score (nSPS) is 13.9. The third-order valence-electron chi connectivity index (χ3n) is 6.12. The molecule has 4 unspecified atom stereocenters. The second-order valence-electron chi connectivity index (χ2n) is 9.90. The lowest BCUT2D eigenvalue weighted by molar-refractivity contribution is -0.142. The molecule has 14 heteroatoms. The van der Waals surface area contributed by atoms with Crippen LogP contribution < -0.4 is 38.9 Å². The van der Waals surface area contributed by atoms with E-state index in [1.165, 1.54) is 12.1 Å². The van der Waals surface area contributed by atoms with Crippen molar-refractivity contribution < 1.29 is 29.4 Å². The molecule has 1 aromatic rings. The van der Waals surface area contributed by atoms with Crippen molar-refractivity contribution in [2.75, 3.05) is 13.1 Å². The summed E-state index contributed by atoms with van der Waals surface area (Å²) < 4.78 is 0. The Morgan fingerprint density at radius 1 is 0.875 bits per heavy atom. The Morgan fingerprint density at radius 3 is 2.05 bits per heavy atom. The van der Waals surface area contributed by atoms with Gasteiger partial charge in [-0.05, 0) is 62.3 Å². The number of phenolic OH excluding ortho intramolecular Hbond substituents is 1. The number of nitrogens with two attached hydrogens (primary N) is 4. The van der Waals surface area contributed by atoms with Gasteiger partial charge < -0.3 is 49.1 Å². The summed E-state index contributed by atoms with van der Waals surface area (Å²) in [5, 5.41) is 26.9. The van der Waals surface area contributed by atoms with E-state index in [1.54, 1.807) is 26.0 Å². The number of carboxylic acids is 1. The molecule has 1 rings (SSSR count). The predicted molar refractivity (Wildman–Crippen MR) is 151 cm³/mol. The number of carbonyl (C=O) groups is 4. The van der Waals surface area contributed by atoms with Crippen molar-refractivity contribution >= 4 is 29.7 Å². The van der Waals surface area contributed by atoms with Crippen LogP contribution in [-0.2, 0) is 25.6 Å². The molecule has 224 valence electrons. The SMILES string of the molecule is CC(C)C(NC(=O)C(Cc1ccc(O)cc1)NC(=O)C(N)CCCN=C(N)N)C(=O)NC(CCCCN)C(=O)O. The lowest BCUT2D eigenvalue weighted by Gasteiger charge is -2.27. The molecule has 0 spiro atoms. The second-order valence-corrected chi connectivity index (χ2v) is 9.90. The van der Waals surface area contributed by atoms with Gasteiger partial charge in [0.15, 0.2) is 5.96 Å². The number of carbonyl (C=O) groups excluding carboxylic acids is 3. The van der Waals surface area contributed by atoms with Gasteiger partial charge in [0.05, 0.1) is 6.04 Å². The highest BCUT2D eigenvalue weighted by Crippen LogP contribution is 2.13. The van der Waals surface area contributed by atoms with Gasteiger partial charge in [-0.3, -0.25) is 19.4 Å². The number of phenols is 1. The van der Waals surface area contributed by atoms with Crippen molar-refractivity contribution in [2.24, 2.45) is 33.8 Å². The van der Waals surface area contributed by atoms with Crippen LogP contribution in [-0.4, -0.2) is 77.1 Å². The number of aliphatic carboxylic acids is 1. The molecular formula is C26H44N8O6. The smallest absolute Gasteiger partial charge is 0.326 e. The van der Waals surface area contributed by atoms with Crippen molar-refractivity contribution in [1.29, 1.82) is 0 Å². The molecule has 40 heavy (non-hydrogen) atoms. The van der Waals surface area contributed by atoms with E-state index < -0.39 is 53.8 Å². The number of nitrogens with one attached hydrogen (secondary N) is 3. The first-order valence-electron chi connectivity index (χ1n) is 13.3. The summed E-state index contributed by atoms with van der Waals surface area (Å²) in [6.45, 7) is 4.10. The van der Waals surface area contributed by atoms with Gasteiger partial charge in [-0.2, -0.15) is 0 Å². The lowest BCUT2D eigenvalue weighted by Crippen LogP contribution is -2.58. The van der Waals surface area contributed by atoms with Gasteiger partial charge in [0.25, 0.3) is 0 Å². The molecule has 0 aliphatic rings. The molecule has 0 aliphatic heterocycles. The highest BCUT2D eigenvalue weighted by molar-refractivity contribution is 5.94. The molecule has 0 aliphatic carbocycles. The van der Waals surface area contributed by atoms with Crippen molar-refractivity contribution in [3.63, 3.8) is 0 Å². The summed E-state index contributed by atoms with van der Waals surface area (Å²) in [5.74, 6) is -3.52. The number of amides is 3. The van der Waals surface area contributed by atoms with Crippen LogP contribution in [0.2, 0.25) is 0 Å². The topological polar surface area (TPSA) is 261 Å². The molecule has 0 aromatic heterocycles. The fraction of sp³-hybridized carbons (Fsp3) is 0.577. The summed E-state index contributed by atoms with van der Waals surface area (Å²) in [7, 11) is 0. The number of nitrogens with zero attached hydrogens (tertiary/aromatic N) is 1. The van der Waals surface area contributed by atoms with Crippen LogP contribution >= 0.6 is 0 Å². The fourth-order valence-electron chi connectivity index (χ4n) is 3.81. The molecule has 4 atom stereocenters. The summed E-state index contributed by atoms with van der Waals surface area (Å²) in [4.78, 5) is 54.8. The molecule has 14 nitrogen and oxygen atoms in total. The van der Waals surface area contributed by atoms with Gasteiger partial charge in [0, 0.05) is 13.0 Å². The van der Waals surface area contributed by atoms with Crippen LogP contribution in [0.5, 0.6) is 5.75 Å². The van der Waals surface area contributed by atoms with E-state index in [-0.39, 0.29) is 37.5 Å². The number of aromatic hydroxyl groups is 1. The number of hydrogen-bond acceptors (Lipinski definition) is 8. The first-order chi connectivity index (χ1) is 18.8. The maximum Gasteiger partial charge on any atom is 0.326 e. The van der Waals surface area contributed by atoms with Crippen LogP contribution in [0, 0.1) is 5.92 Å². The molecule has 0 radical (unpaired) electrons. The maximum atomic E-state index is 13.4. The predicted octanol–water partition coefficient (Wildman–Crippen LogP) is -1.36. The summed E-state index contributed by atoms with van der Waals surface area (Å²) in [6, 6.07) is 1.82. The van der Waals surface area contributed by atoms with Gasteiger partial charge in [0.1, 0.15) is 23.9 Å². The van der Waals surface area contributed by atoms with Crippen molar-refractivity contribution in [1.82, 2.24) is 16.0 Å². The zero-order valence-electron chi connectivity index (χ0n) is 23.1. The quantitative estimate of drug-likeness (QED) is 0.0574. The zero-order valence-corrected chi connectivity index (χ0v) is 23.1. The number of hydrogen-bond donors (Lipinski definition) is 9. The van der Waals surface area contributed by atoms with E-state index >= 15 is 0 Å². The lowest BCUT2D eigenvalue weighted by atomic mass is 9.99. The molecule has 1 aromatic carbocycles. The molecule has 0 heterocycles. The Balaban J connectivity index is 3.03. The van der Waals surface area contributed by atoms with E-state index in [0.29, 0.717) is 31.4 Å². The van der Waals surface area contributed by atoms with Gasteiger partial charge in [-0.15, -0.1) is 0 Å². The first kappa shape index (κ1) is 34.1. The van der Waals surface area contributed by atoms with E-state index in [2.05, 4.69) is 20.9 Å². The fourth-order valence-corrected chi connectivity index (χ4v) is 3.81. The van der Waals surface area contributed by atoms with Crippen LogP contribution in [0.25, 0.3) is 0 Å². The van der Waals surface area contributed by atoms with Gasteiger partial charge in [-0.1, -0.05) is 26.0 Å². The van der Waals surface area contributed by atoms with Crippen molar-refractivity contribution in [2.45, 2.75) is 76.5 Å². The molecule has 3 amide bonds. The highest BCUT2D eigenvalue weighted by Gasteiger charge is 2.32. The molecule has 13 N–H and O–H groups in total. The van der Waals surface area contributed by atoms with Crippen LogP contribution in [0.1, 0.15) is 51.5 Å². The largest absolute Gasteiger partial charge is 0.508 e. The van der Waals surface area contributed by atoms with Gasteiger partial charge >= 0.3 is 5.97 Å². The zero-order chi connectivity index (χ0) is 30.2. The molecule has 0 fully saturated rings. The number of carboxylic acid groups (broad SMARTS) is 1. The number of rotatable bonds is 18. The van der Waals surface area contributed by atoms with E-state index in [9.17, 15) is 29.4 Å². The number of guanidine groups is 1. The summed E-state index contributed by atoms with van der Waals surface area (Å²) in [6.07, 6.45) is 2.05. The van der Waals surface area contributed by atoms with Crippen molar-refractivity contribution in [3.05, 3.63) is 29.8 Å². The Bertz CT molecular complexity index is 997. The average molecular weight is 565 g/mol. The van der Waals surface area contributed by atoms with E-state index in [4.69, 9.17) is 22.9 Å². The number of benzene rings is 1.